The van der Waals surface area contributed by atoms with Crippen LogP contribution in [0.3, 0.4) is 0 Å². The van der Waals surface area contributed by atoms with Crippen LogP contribution in [0, 0.1) is 34.0 Å². The average molecular weight is 1150 g/mol. The first-order valence-corrected chi connectivity index (χ1v) is 22.2. The van der Waals surface area contributed by atoms with E-state index in [1.165, 1.54) is 26.0 Å². The molecule has 332 valence electrons. The first-order valence-electron chi connectivity index (χ1n) is 19.0. The molecule has 0 spiro atoms. The molecule has 9 rings (SSSR count). The first kappa shape index (κ1) is 49.0. The van der Waals surface area contributed by atoms with Crippen molar-refractivity contribution in [2.24, 2.45) is 4.99 Å². The smallest absolute Gasteiger partial charge is 0.338 e. The van der Waals surface area contributed by atoms with Crippen molar-refractivity contribution in [2.45, 2.75) is 6.54 Å². The highest BCUT2D eigenvalue weighted by Crippen LogP contribution is 2.28. The summed E-state index contributed by atoms with van der Waals surface area (Å²) >= 11 is 13.2. The quantitative estimate of drug-likeness (QED) is 0.0886. The second-order valence-corrected chi connectivity index (χ2v) is 16.9. The van der Waals surface area contributed by atoms with E-state index in [1.54, 1.807) is 102 Å². The van der Waals surface area contributed by atoms with Gasteiger partial charge >= 0.3 is 17.9 Å². The Labute approximate surface area is 414 Å². The Balaban J connectivity index is 0.000000155. The van der Waals surface area contributed by atoms with Crippen LogP contribution >= 0.6 is 63.7 Å². The molecule has 17 nitrogen and oxygen atoms in total. The highest BCUT2D eigenvalue weighted by atomic mass is 79.9. The Bertz CT molecular complexity index is 3340. The van der Waals surface area contributed by atoms with Crippen molar-refractivity contribution in [3.8, 4) is 29.8 Å². The van der Waals surface area contributed by atoms with Crippen LogP contribution in [0.5, 0.6) is 0 Å². The van der Waals surface area contributed by atoms with Crippen molar-refractivity contribution < 1.29 is 28.6 Å². The number of halogens is 4. The molecule has 0 saturated heterocycles. The summed E-state index contributed by atoms with van der Waals surface area (Å²) in [5.74, 6) is -0.199. The zero-order valence-electron chi connectivity index (χ0n) is 35.0. The summed E-state index contributed by atoms with van der Waals surface area (Å²) in [6.07, 6.45) is 4.99. The van der Waals surface area contributed by atoms with Gasteiger partial charge in [-0.2, -0.15) is 26.0 Å². The van der Waals surface area contributed by atoms with Crippen LogP contribution in [0.25, 0.3) is 33.4 Å². The van der Waals surface area contributed by atoms with E-state index >= 15 is 0 Å². The van der Waals surface area contributed by atoms with Crippen molar-refractivity contribution in [1.82, 2.24) is 34.5 Å². The fourth-order valence-electron chi connectivity index (χ4n) is 6.20. The number of rotatable bonds is 5. The zero-order valence-corrected chi connectivity index (χ0v) is 41.3. The number of nitrogens with zero attached hydrogens (tertiary/aromatic N) is 11. The number of esters is 3. The highest BCUT2D eigenvalue weighted by Gasteiger charge is 2.19. The van der Waals surface area contributed by atoms with Gasteiger partial charge in [-0.3, -0.25) is 4.99 Å². The molecular weight excluding hydrogens is 1120 g/mol. The molecule has 0 unspecified atom stereocenters. The van der Waals surface area contributed by atoms with Crippen LogP contribution in [0.4, 0.5) is 0 Å². The molecule has 0 saturated carbocycles. The summed E-state index contributed by atoms with van der Waals surface area (Å²) in [6, 6.07) is 32.0. The van der Waals surface area contributed by atoms with Crippen molar-refractivity contribution >= 4 is 110 Å². The van der Waals surface area contributed by atoms with E-state index in [4.69, 9.17) is 30.0 Å². The van der Waals surface area contributed by atoms with Gasteiger partial charge in [-0.05, 0) is 94.3 Å². The molecule has 5 aromatic heterocycles. The Morgan fingerprint density at radius 1 is 0.627 bits per heavy atom. The Kier molecular flexibility index (Phi) is 16.5. The molecule has 0 radical (unpaired) electrons. The molecule has 0 N–H and O–H groups in total. The number of carbonyl (C=O) groups is 3. The minimum atomic E-state index is -0.440. The normalized spacial score (nSPS) is 10.6. The van der Waals surface area contributed by atoms with Gasteiger partial charge in [0.25, 0.3) is 0 Å². The minimum Gasteiger partial charge on any atom is -0.465 e. The maximum absolute atomic E-state index is 11.9. The first-order chi connectivity index (χ1) is 32.3. The number of hydrogen-bond donors (Lipinski definition) is 0. The van der Waals surface area contributed by atoms with Gasteiger partial charge in [-0.15, -0.1) is 0 Å². The van der Waals surface area contributed by atoms with E-state index in [1.807, 2.05) is 30.3 Å². The fourth-order valence-corrected chi connectivity index (χ4v) is 7.94. The van der Waals surface area contributed by atoms with Gasteiger partial charge in [0.05, 0.1) is 61.8 Å². The summed E-state index contributed by atoms with van der Waals surface area (Å²) in [7, 11) is 4.04. The topological polar surface area (TPSA) is 237 Å². The van der Waals surface area contributed by atoms with E-state index in [0.29, 0.717) is 78.4 Å². The number of nitriles is 3. The molecule has 1 aliphatic heterocycles. The predicted octanol–water partition coefficient (Wildman–Crippen LogP) is 9.57. The fraction of sp³-hybridized carbons (Fsp3) is 0.0870. The van der Waals surface area contributed by atoms with Gasteiger partial charge in [0.2, 0.25) is 0 Å². The molecule has 0 aliphatic carbocycles. The average Bonchev–Trinajstić information content (AvgIpc) is 4.12. The van der Waals surface area contributed by atoms with Crippen molar-refractivity contribution in [3.63, 3.8) is 0 Å². The second-order valence-electron chi connectivity index (χ2n) is 13.3. The lowest BCUT2D eigenvalue weighted by molar-refractivity contribution is 0.0592. The summed E-state index contributed by atoms with van der Waals surface area (Å²) in [5, 5.41) is 36.2. The summed E-state index contributed by atoms with van der Waals surface area (Å²) in [5.41, 5.74) is 5.67. The monoisotopic (exact) mass is 1150 g/mol. The number of hydrogen-bond acceptors (Lipinski definition) is 15. The molecule has 1 aliphatic rings. The van der Waals surface area contributed by atoms with Gasteiger partial charge in [-0.1, -0.05) is 66.0 Å². The lowest BCUT2D eigenvalue weighted by atomic mass is 10.0. The molecule has 0 bridgehead atoms. The third-order valence-electron chi connectivity index (χ3n) is 9.15. The van der Waals surface area contributed by atoms with Gasteiger partial charge < -0.3 is 14.2 Å². The molecule has 6 heterocycles. The standard InChI is InChI=1S/2C15H9BrN4O2.C10H8BrNO2.C6H3BrN2/c1-22-15(21)11-5-9(16)6-13-12(11)8-20(19-13)14-4-2-3-10(7-17)18-14;1-22-15(21)11-5-9(16)6-13-12(11)8-18-20(13)14-4-2-3-10(7-17)19-14;1-14-10(13)8-3-7(11)2-6-4-12-5-9(6)8;7-6-3-1-2-5(4-8)9-6/h2*2-6,8H,1H3;2-3,5H,4H2,1H3;1-3H. The SMILES string of the molecule is COC(=O)c1cc(Br)cc2c1C=NC2.COC(=O)c1cc(Br)cc2c1cnn2-c1cccc(C#N)n1.COC(=O)c1cc(Br)cc2nn(-c3cccc(C#N)n3)cc12.N#Cc1cccc(Br)n1. The molecule has 0 fully saturated rings. The molecule has 0 atom stereocenters. The van der Waals surface area contributed by atoms with E-state index in [0.717, 1.165) is 24.5 Å². The van der Waals surface area contributed by atoms with Crippen LogP contribution in [0.1, 0.15) is 59.3 Å². The molecule has 8 aromatic rings. The number of ether oxygens (including phenoxy) is 3. The van der Waals surface area contributed by atoms with Gasteiger partial charge in [0.1, 0.15) is 39.9 Å². The van der Waals surface area contributed by atoms with Crippen LogP contribution in [0.2, 0.25) is 0 Å². The van der Waals surface area contributed by atoms with E-state index < -0.39 is 11.9 Å². The number of aliphatic imine (C=N–C) groups is 1. The summed E-state index contributed by atoms with van der Waals surface area (Å²) in [4.78, 5) is 51.6. The van der Waals surface area contributed by atoms with Crippen molar-refractivity contribution in [1.29, 1.82) is 15.8 Å². The van der Waals surface area contributed by atoms with E-state index in [9.17, 15) is 14.4 Å². The zero-order chi connectivity index (χ0) is 48.2. The van der Waals surface area contributed by atoms with Crippen LogP contribution in [0.15, 0.2) is 126 Å². The number of methoxy groups -OCH3 is 3. The minimum absolute atomic E-state index is 0.296. The summed E-state index contributed by atoms with van der Waals surface area (Å²) < 4.78 is 20.4. The van der Waals surface area contributed by atoms with E-state index in [-0.39, 0.29) is 5.97 Å². The number of benzene rings is 3. The maximum atomic E-state index is 11.9. The Morgan fingerprint density at radius 2 is 1.15 bits per heavy atom. The lowest BCUT2D eigenvalue weighted by Crippen LogP contribution is -2.06. The van der Waals surface area contributed by atoms with Crippen LogP contribution in [-0.2, 0) is 20.8 Å². The largest absolute Gasteiger partial charge is 0.465 e. The van der Waals surface area contributed by atoms with Crippen LogP contribution in [-0.4, -0.2) is 80.0 Å². The second kappa shape index (κ2) is 22.6. The van der Waals surface area contributed by atoms with Gasteiger partial charge in [0.15, 0.2) is 11.6 Å². The maximum Gasteiger partial charge on any atom is 0.338 e. The van der Waals surface area contributed by atoms with Crippen molar-refractivity contribution in [3.05, 3.63) is 166 Å². The molecule has 21 heteroatoms. The van der Waals surface area contributed by atoms with Gasteiger partial charge in [0, 0.05) is 42.2 Å². The lowest BCUT2D eigenvalue weighted by Gasteiger charge is -2.05. The van der Waals surface area contributed by atoms with E-state index in [2.05, 4.69) is 93.9 Å². The molecule has 3 aromatic carbocycles. The molecule has 67 heavy (non-hydrogen) atoms. The third kappa shape index (κ3) is 11.9. The number of aromatic nitrogens is 7. The van der Waals surface area contributed by atoms with Crippen LogP contribution < -0.4 is 0 Å². The third-order valence-corrected chi connectivity index (χ3v) is 11.0. The predicted molar refractivity (Wildman–Crippen MR) is 259 cm³/mol. The Hall–Kier alpha value is -7.48. The Morgan fingerprint density at radius 3 is 1.75 bits per heavy atom. The summed E-state index contributed by atoms with van der Waals surface area (Å²) in [6.45, 7) is 0.638. The molecular formula is C46H29Br4N11O6. The number of pyridine rings is 3. The number of carbonyl (C=O) groups excluding carboxylic acids is 3. The molecule has 0 amide bonds. The van der Waals surface area contributed by atoms with Gasteiger partial charge in [-0.25, -0.2) is 38.7 Å². The number of fused-ring (bicyclic) bond motifs is 3. The van der Waals surface area contributed by atoms with Crippen molar-refractivity contribution in [2.75, 3.05) is 21.3 Å². The highest BCUT2D eigenvalue weighted by molar-refractivity contribution is 9.11.